The van der Waals surface area contributed by atoms with Gasteiger partial charge in [0.25, 0.3) is 0 Å². The van der Waals surface area contributed by atoms with Gasteiger partial charge < -0.3 is 25.0 Å². The predicted molar refractivity (Wildman–Crippen MR) is 87.0 cm³/mol. The van der Waals surface area contributed by atoms with Crippen LogP contribution in [0.1, 0.15) is 12.8 Å². The van der Waals surface area contributed by atoms with E-state index in [1.807, 2.05) is 24.3 Å². The average Bonchev–Trinajstić information content (AvgIpc) is 2.58. The van der Waals surface area contributed by atoms with E-state index in [4.69, 9.17) is 9.84 Å². The van der Waals surface area contributed by atoms with Gasteiger partial charge in [-0.1, -0.05) is 6.07 Å². The Morgan fingerprint density at radius 2 is 2.00 bits per heavy atom. The van der Waals surface area contributed by atoms with Crippen LogP contribution in [0.2, 0.25) is 0 Å². The van der Waals surface area contributed by atoms with Crippen LogP contribution in [-0.2, 0) is 4.79 Å². The van der Waals surface area contributed by atoms with Crippen molar-refractivity contribution in [1.29, 1.82) is 0 Å². The number of nitrogens with zero attached hydrogens (tertiary/aromatic N) is 2. The average molecular weight is 321 g/mol. The second kappa shape index (κ2) is 8.26. The third-order valence-electron chi connectivity index (χ3n) is 3.83. The fraction of sp³-hybridized carbons (Fsp3) is 0.500. The summed E-state index contributed by atoms with van der Waals surface area (Å²) in [6, 6.07) is 7.76. The topological polar surface area (TPSA) is 82.1 Å². The summed E-state index contributed by atoms with van der Waals surface area (Å²) in [5.74, 6) is -0.0211. The van der Waals surface area contributed by atoms with Crippen LogP contribution in [0.25, 0.3) is 0 Å². The first-order chi connectivity index (χ1) is 11.1. The molecular formula is C16H23N3O4. The second-order valence-corrected chi connectivity index (χ2v) is 5.40. The predicted octanol–water partition coefficient (Wildman–Crippen LogP) is 1.39. The Morgan fingerprint density at radius 3 is 2.65 bits per heavy atom. The quantitative estimate of drug-likeness (QED) is 0.774. The van der Waals surface area contributed by atoms with Crippen molar-refractivity contribution in [3.8, 4) is 5.75 Å². The van der Waals surface area contributed by atoms with Gasteiger partial charge in [-0.25, -0.2) is 4.79 Å². The molecule has 126 valence electrons. The first-order valence-corrected chi connectivity index (χ1v) is 7.73. The molecule has 1 aliphatic rings. The molecule has 23 heavy (non-hydrogen) atoms. The Kier molecular flexibility index (Phi) is 6.08. The standard InChI is InChI=1S/C16H23N3O4/c1-23-14-5-2-4-13(12-14)18-8-10-19(11-9-18)16(22)17-7-3-6-15(20)21/h2,4-5,12H,3,6-11H2,1H3,(H,17,22)(H,20,21). The number of aliphatic carboxylic acids is 1. The van der Waals surface area contributed by atoms with Gasteiger partial charge in [-0.05, 0) is 18.6 Å². The molecule has 0 saturated carbocycles. The molecule has 1 fully saturated rings. The fourth-order valence-electron chi connectivity index (χ4n) is 2.52. The lowest BCUT2D eigenvalue weighted by molar-refractivity contribution is -0.137. The van der Waals surface area contributed by atoms with E-state index in [-0.39, 0.29) is 12.5 Å². The van der Waals surface area contributed by atoms with Crippen molar-refractivity contribution >= 4 is 17.7 Å². The Labute approximate surface area is 135 Å². The molecule has 1 aromatic rings. The van der Waals surface area contributed by atoms with Crippen LogP contribution in [-0.4, -0.2) is 61.8 Å². The summed E-state index contributed by atoms with van der Waals surface area (Å²) >= 11 is 0. The minimum Gasteiger partial charge on any atom is -0.497 e. The second-order valence-electron chi connectivity index (χ2n) is 5.40. The van der Waals surface area contributed by atoms with Gasteiger partial charge in [0.1, 0.15) is 5.75 Å². The van der Waals surface area contributed by atoms with Crippen LogP contribution in [0.15, 0.2) is 24.3 Å². The molecule has 1 saturated heterocycles. The number of methoxy groups -OCH3 is 1. The summed E-state index contributed by atoms with van der Waals surface area (Å²) in [5, 5.41) is 11.3. The number of hydrogen-bond donors (Lipinski definition) is 2. The first kappa shape index (κ1) is 16.9. The molecule has 0 spiro atoms. The molecule has 2 amide bonds. The highest BCUT2D eigenvalue weighted by molar-refractivity contribution is 5.74. The van der Waals surface area contributed by atoms with Crippen LogP contribution in [0.5, 0.6) is 5.75 Å². The van der Waals surface area contributed by atoms with Gasteiger partial charge in [-0.3, -0.25) is 4.79 Å². The normalized spacial score (nSPS) is 14.5. The van der Waals surface area contributed by atoms with Gasteiger partial charge in [-0.15, -0.1) is 0 Å². The maximum atomic E-state index is 12.0. The lowest BCUT2D eigenvalue weighted by Gasteiger charge is -2.36. The van der Waals surface area contributed by atoms with E-state index in [0.717, 1.165) is 24.5 Å². The smallest absolute Gasteiger partial charge is 0.317 e. The van der Waals surface area contributed by atoms with Crippen molar-refractivity contribution in [2.45, 2.75) is 12.8 Å². The van der Waals surface area contributed by atoms with Gasteiger partial charge in [0.15, 0.2) is 0 Å². The van der Waals surface area contributed by atoms with E-state index in [2.05, 4.69) is 10.2 Å². The summed E-state index contributed by atoms with van der Waals surface area (Å²) in [6.45, 7) is 3.19. The van der Waals surface area contributed by atoms with E-state index in [9.17, 15) is 9.59 Å². The molecule has 7 heteroatoms. The lowest BCUT2D eigenvalue weighted by Crippen LogP contribution is -2.52. The maximum Gasteiger partial charge on any atom is 0.317 e. The Bertz CT molecular complexity index is 542. The Hall–Kier alpha value is -2.44. The summed E-state index contributed by atoms with van der Waals surface area (Å²) in [7, 11) is 1.64. The van der Waals surface area contributed by atoms with Crippen LogP contribution in [0.4, 0.5) is 10.5 Å². The number of carboxylic acids is 1. The minimum atomic E-state index is -0.842. The molecule has 0 bridgehead atoms. The van der Waals surface area contributed by atoms with E-state index >= 15 is 0 Å². The van der Waals surface area contributed by atoms with Gasteiger partial charge in [0.05, 0.1) is 7.11 Å². The fourth-order valence-corrected chi connectivity index (χ4v) is 2.52. The molecule has 0 aromatic heterocycles. The highest BCUT2D eigenvalue weighted by atomic mass is 16.5. The van der Waals surface area contributed by atoms with E-state index < -0.39 is 5.97 Å². The Morgan fingerprint density at radius 1 is 1.26 bits per heavy atom. The number of benzene rings is 1. The molecule has 0 aliphatic carbocycles. The van der Waals surface area contributed by atoms with Crippen molar-refractivity contribution in [1.82, 2.24) is 10.2 Å². The molecule has 7 nitrogen and oxygen atoms in total. The highest BCUT2D eigenvalue weighted by Crippen LogP contribution is 2.22. The molecule has 1 heterocycles. The number of carbonyl (C=O) groups excluding carboxylic acids is 1. The van der Waals surface area contributed by atoms with Crippen molar-refractivity contribution in [3.63, 3.8) is 0 Å². The third-order valence-corrected chi connectivity index (χ3v) is 3.83. The SMILES string of the molecule is COc1cccc(N2CCN(C(=O)NCCCC(=O)O)CC2)c1. The van der Waals surface area contributed by atoms with E-state index in [0.29, 0.717) is 26.1 Å². The molecule has 0 atom stereocenters. The zero-order valence-corrected chi connectivity index (χ0v) is 13.3. The van der Waals surface area contributed by atoms with Gasteiger partial charge in [-0.2, -0.15) is 0 Å². The molecule has 1 aliphatic heterocycles. The first-order valence-electron chi connectivity index (χ1n) is 7.73. The van der Waals surface area contributed by atoms with E-state index in [1.165, 1.54) is 0 Å². The minimum absolute atomic E-state index is 0.0733. The van der Waals surface area contributed by atoms with Crippen molar-refractivity contribution < 1.29 is 19.4 Å². The number of ether oxygens (including phenoxy) is 1. The van der Waals surface area contributed by atoms with Crippen LogP contribution in [0.3, 0.4) is 0 Å². The van der Waals surface area contributed by atoms with Gasteiger partial charge in [0.2, 0.25) is 0 Å². The molecule has 0 radical (unpaired) electrons. The number of carboxylic acid groups (broad SMARTS) is 1. The molecule has 1 aromatic carbocycles. The molecule has 2 N–H and O–H groups in total. The molecule has 2 rings (SSSR count). The number of urea groups is 1. The van der Waals surface area contributed by atoms with Crippen molar-refractivity contribution in [3.05, 3.63) is 24.3 Å². The largest absolute Gasteiger partial charge is 0.497 e. The zero-order chi connectivity index (χ0) is 16.7. The monoisotopic (exact) mass is 321 g/mol. The summed E-state index contributed by atoms with van der Waals surface area (Å²) < 4.78 is 5.23. The van der Waals surface area contributed by atoms with Crippen LogP contribution in [0, 0.1) is 0 Å². The Balaban J connectivity index is 1.76. The number of anilines is 1. The summed E-state index contributed by atoms with van der Waals surface area (Å²) in [4.78, 5) is 26.4. The number of rotatable bonds is 6. The van der Waals surface area contributed by atoms with Crippen molar-refractivity contribution in [2.24, 2.45) is 0 Å². The zero-order valence-electron chi connectivity index (χ0n) is 13.3. The van der Waals surface area contributed by atoms with Gasteiger partial charge >= 0.3 is 12.0 Å². The maximum absolute atomic E-state index is 12.0. The highest BCUT2D eigenvalue weighted by Gasteiger charge is 2.21. The van der Waals surface area contributed by atoms with Crippen LogP contribution >= 0.6 is 0 Å². The number of piperazine rings is 1. The van der Waals surface area contributed by atoms with Gasteiger partial charge in [0, 0.05) is 50.9 Å². The summed E-state index contributed by atoms with van der Waals surface area (Å²) in [5.41, 5.74) is 1.09. The molecular weight excluding hydrogens is 298 g/mol. The van der Waals surface area contributed by atoms with Crippen LogP contribution < -0.4 is 15.0 Å². The van der Waals surface area contributed by atoms with Crippen molar-refractivity contribution in [2.75, 3.05) is 44.7 Å². The summed E-state index contributed by atoms with van der Waals surface area (Å²) in [6.07, 6.45) is 0.523. The number of amides is 2. The van der Waals surface area contributed by atoms with E-state index in [1.54, 1.807) is 12.0 Å². The lowest BCUT2D eigenvalue weighted by atomic mass is 10.2. The number of hydrogen-bond acceptors (Lipinski definition) is 4. The molecule has 0 unspecified atom stereocenters. The third kappa shape index (κ3) is 5.05. The number of nitrogens with one attached hydrogen (secondary N) is 1. The number of carbonyl (C=O) groups is 2.